The SMILES string of the molecule is COc1c(C(C)(C)C)cc(-c2cccc3[cH-]c(C)cc23)cc1C(C)(C)C.COc1c(C(C)(C)C)cc(-c2cccc3[cH-]c(C)cc23)cc1C(C)(C)C.C[Si]C.[Cl][Zr+2][Cl]. The molecule has 0 spiro atoms. The molecule has 6 heteroatoms. The zero-order chi connectivity index (χ0) is 44.0. The number of rotatable bonds is 4. The van der Waals surface area contributed by atoms with Crippen LogP contribution in [0.15, 0.2) is 84.9 Å². The molecule has 0 aliphatic carbocycles. The summed E-state index contributed by atoms with van der Waals surface area (Å²) in [5.41, 5.74) is 12.9. The Morgan fingerprint density at radius 1 is 0.500 bits per heavy atom. The van der Waals surface area contributed by atoms with Crippen molar-refractivity contribution >= 4 is 48.1 Å². The summed E-state index contributed by atoms with van der Waals surface area (Å²) in [6.45, 7) is 35.7. The molecule has 0 aliphatic rings. The Morgan fingerprint density at radius 3 is 0.983 bits per heavy atom. The number of hydrogen-bond acceptors (Lipinski definition) is 2. The van der Waals surface area contributed by atoms with Gasteiger partial charge in [-0.25, -0.2) is 0 Å². The van der Waals surface area contributed by atoms with Gasteiger partial charge in [0.05, 0.1) is 14.2 Å². The van der Waals surface area contributed by atoms with Gasteiger partial charge in [-0.2, -0.15) is 12.1 Å². The van der Waals surface area contributed by atoms with Crippen molar-refractivity contribution in [1.82, 2.24) is 0 Å². The molecule has 0 amide bonds. The maximum atomic E-state index is 5.91. The number of benzene rings is 4. The Balaban J connectivity index is 0.000000273. The van der Waals surface area contributed by atoms with E-state index < -0.39 is 20.8 Å². The van der Waals surface area contributed by atoms with E-state index in [1.165, 1.54) is 77.2 Å². The number of halogens is 2. The van der Waals surface area contributed by atoms with Crippen LogP contribution in [0.4, 0.5) is 0 Å². The summed E-state index contributed by atoms with van der Waals surface area (Å²) in [7, 11) is 14.5. The van der Waals surface area contributed by atoms with Crippen LogP contribution in [-0.4, -0.2) is 23.7 Å². The summed E-state index contributed by atoms with van der Waals surface area (Å²) in [6.07, 6.45) is 0. The predicted octanol–water partition coefficient (Wildman–Crippen LogP) is 16.4. The van der Waals surface area contributed by atoms with E-state index in [0.29, 0.717) is 0 Å². The van der Waals surface area contributed by atoms with E-state index in [1.54, 1.807) is 14.2 Å². The normalized spacial score (nSPS) is 11.8. The van der Waals surface area contributed by atoms with E-state index in [-0.39, 0.29) is 21.7 Å². The molecule has 0 aliphatic heterocycles. The molecule has 0 N–H and O–H groups in total. The van der Waals surface area contributed by atoms with Crippen molar-refractivity contribution in [3.63, 3.8) is 0 Å². The standard InChI is InChI=1S/2C25H31O.C2H6Si.2ClH.Zr/c2*1-16-12-17-10-9-11-19(20(17)13-16)18-14-21(24(2,3)4)23(26-8)22(15-18)25(5,6)7;1-3-2;;;/h2*9-15H,1-8H3;1-2H3;2*1H;/q2*-1;;;;+4/p-2. The molecule has 6 rings (SSSR count). The van der Waals surface area contributed by atoms with Crippen LogP contribution in [0.25, 0.3) is 43.8 Å². The number of ether oxygens (including phenoxy) is 2. The molecular weight excluding hydrogens is 847 g/mol. The monoisotopic (exact) mass is 912 g/mol. The van der Waals surface area contributed by atoms with Crippen molar-refractivity contribution in [2.75, 3.05) is 14.2 Å². The summed E-state index contributed by atoms with van der Waals surface area (Å²) < 4.78 is 11.8. The van der Waals surface area contributed by atoms with Crippen molar-refractivity contribution in [1.29, 1.82) is 0 Å². The molecule has 0 aromatic heterocycles. The molecular formula is C52H68Cl2O2SiZr. The van der Waals surface area contributed by atoms with Gasteiger partial charge < -0.3 is 9.47 Å². The summed E-state index contributed by atoms with van der Waals surface area (Å²) in [6, 6.07) is 31.6. The molecule has 0 unspecified atom stereocenters. The molecule has 2 radical (unpaired) electrons. The van der Waals surface area contributed by atoms with Gasteiger partial charge in [-0.3, -0.25) is 0 Å². The fraction of sp³-hybridized carbons (Fsp3) is 0.423. The van der Waals surface area contributed by atoms with Crippen LogP contribution in [-0.2, 0) is 42.5 Å². The zero-order valence-electron chi connectivity index (χ0n) is 38.7. The minimum absolute atomic E-state index is 0.0111. The maximum absolute atomic E-state index is 5.91. The minimum atomic E-state index is -0.826. The molecule has 0 bridgehead atoms. The van der Waals surface area contributed by atoms with Crippen LogP contribution in [0.2, 0.25) is 13.1 Å². The van der Waals surface area contributed by atoms with E-state index in [1.807, 2.05) is 0 Å². The second kappa shape index (κ2) is 20.3. The van der Waals surface area contributed by atoms with Gasteiger partial charge in [0.15, 0.2) is 0 Å². The van der Waals surface area contributed by atoms with E-state index in [0.717, 1.165) is 21.0 Å². The Kier molecular flexibility index (Phi) is 17.4. The van der Waals surface area contributed by atoms with Crippen LogP contribution in [0.1, 0.15) is 116 Å². The topological polar surface area (TPSA) is 18.5 Å². The Bertz CT molecular complexity index is 2030. The first-order chi connectivity index (χ1) is 26.9. The summed E-state index contributed by atoms with van der Waals surface area (Å²) in [4.78, 5) is 0. The summed E-state index contributed by atoms with van der Waals surface area (Å²) in [5.74, 6) is 2.05. The van der Waals surface area contributed by atoms with E-state index >= 15 is 0 Å². The quantitative estimate of drug-likeness (QED) is 0.130. The van der Waals surface area contributed by atoms with E-state index in [9.17, 15) is 0 Å². The fourth-order valence-corrected chi connectivity index (χ4v) is 7.51. The van der Waals surface area contributed by atoms with E-state index in [4.69, 9.17) is 26.5 Å². The van der Waals surface area contributed by atoms with E-state index in [2.05, 4.69) is 195 Å². The molecule has 6 aromatic rings. The van der Waals surface area contributed by atoms with Crippen LogP contribution < -0.4 is 9.47 Å². The molecule has 0 fully saturated rings. The first-order valence-corrected chi connectivity index (χ1v) is 28.5. The molecule has 0 saturated heterocycles. The fourth-order valence-electron chi connectivity index (χ4n) is 7.51. The molecule has 2 nitrogen and oxygen atoms in total. The summed E-state index contributed by atoms with van der Waals surface area (Å²) in [5, 5.41) is 5.28. The van der Waals surface area contributed by atoms with Crippen LogP contribution in [0, 0.1) is 13.8 Å². The number of aryl methyl sites for hydroxylation is 2. The van der Waals surface area contributed by atoms with Crippen molar-refractivity contribution in [3.8, 4) is 33.8 Å². The molecule has 0 saturated carbocycles. The molecule has 58 heavy (non-hydrogen) atoms. The first-order valence-electron chi connectivity index (χ1n) is 20.2. The van der Waals surface area contributed by atoms with Gasteiger partial charge in [-0.15, -0.1) is 69.1 Å². The average Bonchev–Trinajstić information content (AvgIpc) is 3.70. The van der Waals surface area contributed by atoms with Gasteiger partial charge in [0.2, 0.25) is 0 Å². The van der Waals surface area contributed by atoms with Crippen molar-refractivity contribution in [3.05, 3.63) is 118 Å². The third kappa shape index (κ3) is 12.2. The predicted molar refractivity (Wildman–Crippen MR) is 257 cm³/mol. The van der Waals surface area contributed by atoms with Crippen LogP contribution in [0.5, 0.6) is 11.5 Å². The van der Waals surface area contributed by atoms with Crippen molar-refractivity contribution in [2.45, 2.75) is 132 Å². The van der Waals surface area contributed by atoms with Gasteiger partial charge in [0.1, 0.15) is 11.5 Å². The molecule has 6 aromatic carbocycles. The summed E-state index contributed by atoms with van der Waals surface area (Å²) >= 11 is -0.826. The average molecular weight is 915 g/mol. The molecule has 0 heterocycles. The van der Waals surface area contributed by atoms with Crippen LogP contribution in [0.3, 0.4) is 0 Å². The first kappa shape index (κ1) is 49.7. The van der Waals surface area contributed by atoms with Crippen LogP contribution >= 0.6 is 17.0 Å². The van der Waals surface area contributed by atoms with Crippen molar-refractivity contribution in [2.24, 2.45) is 0 Å². The third-order valence-corrected chi connectivity index (χ3v) is 10.2. The third-order valence-electron chi connectivity index (χ3n) is 10.2. The zero-order valence-corrected chi connectivity index (χ0v) is 43.6. The number of fused-ring (bicyclic) bond motifs is 2. The van der Waals surface area contributed by atoms with Crippen molar-refractivity contribution < 1.29 is 30.3 Å². The van der Waals surface area contributed by atoms with Gasteiger partial charge in [-0.05, 0) is 57.1 Å². The second-order valence-electron chi connectivity index (χ2n) is 19.5. The molecule has 310 valence electrons. The second-order valence-corrected chi connectivity index (χ2v) is 24.2. The Morgan fingerprint density at radius 2 is 0.759 bits per heavy atom. The molecule has 0 atom stereocenters. The number of methoxy groups -OCH3 is 2. The number of hydrogen-bond donors (Lipinski definition) is 0. The van der Waals surface area contributed by atoms with Gasteiger partial charge in [-0.1, -0.05) is 133 Å². The Hall–Kier alpha value is -2.62. The van der Waals surface area contributed by atoms with Gasteiger partial charge in [0, 0.05) is 31.8 Å². The Labute approximate surface area is 373 Å². The van der Waals surface area contributed by atoms with Gasteiger partial charge >= 0.3 is 37.9 Å². The van der Waals surface area contributed by atoms with Gasteiger partial charge in [0.25, 0.3) is 0 Å².